The number of fused-ring (bicyclic) bond motifs is 1. The first kappa shape index (κ1) is 12.6. The molecule has 7 heteroatoms. The van der Waals surface area contributed by atoms with Gasteiger partial charge in [0.15, 0.2) is 0 Å². The van der Waals surface area contributed by atoms with Crippen LogP contribution in [0.15, 0.2) is 28.4 Å². The van der Waals surface area contributed by atoms with Gasteiger partial charge in [-0.15, -0.1) is 11.3 Å². The molecule has 0 saturated heterocycles. The van der Waals surface area contributed by atoms with Gasteiger partial charge in [-0.25, -0.2) is 4.98 Å². The van der Waals surface area contributed by atoms with Crippen molar-refractivity contribution >= 4 is 27.5 Å². The van der Waals surface area contributed by atoms with E-state index in [0.717, 1.165) is 10.2 Å². The molecule has 0 atom stereocenters. The average Bonchev–Trinajstić information content (AvgIpc) is 2.95. The minimum Gasteiger partial charge on any atom is -0.350 e. The number of aromatic amines is 2. The summed E-state index contributed by atoms with van der Waals surface area (Å²) in [6.07, 6.45) is 0. The van der Waals surface area contributed by atoms with E-state index in [4.69, 9.17) is 0 Å². The molecule has 0 aliphatic heterocycles. The van der Waals surface area contributed by atoms with Gasteiger partial charge in [0.05, 0.1) is 22.5 Å². The van der Waals surface area contributed by atoms with Crippen LogP contribution >= 0.6 is 11.3 Å². The first-order chi connectivity index (χ1) is 9.61. The van der Waals surface area contributed by atoms with Gasteiger partial charge in [0.25, 0.3) is 11.5 Å². The SMILES string of the molecule is Cc1nc(CNC(=O)c2cc3sccc3[nH]2)cc(=O)[nH]1. The fraction of sp³-hybridized carbons (Fsp3) is 0.154. The minimum atomic E-state index is -0.220. The number of carbonyl (C=O) groups excluding carboxylic acids is 1. The Morgan fingerprint density at radius 2 is 2.25 bits per heavy atom. The van der Waals surface area contributed by atoms with E-state index in [1.165, 1.54) is 6.07 Å². The molecule has 3 heterocycles. The van der Waals surface area contributed by atoms with E-state index in [1.54, 1.807) is 18.3 Å². The zero-order valence-electron chi connectivity index (χ0n) is 10.7. The van der Waals surface area contributed by atoms with Crippen LogP contribution in [0.4, 0.5) is 0 Å². The van der Waals surface area contributed by atoms with Crippen molar-refractivity contribution in [3.8, 4) is 0 Å². The molecular weight excluding hydrogens is 276 g/mol. The number of hydrogen-bond acceptors (Lipinski definition) is 4. The predicted octanol–water partition coefficient (Wildman–Crippen LogP) is 1.55. The molecule has 0 fully saturated rings. The fourth-order valence-electron chi connectivity index (χ4n) is 1.97. The zero-order chi connectivity index (χ0) is 14.1. The predicted molar refractivity (Wildman–Crippen MR) is 76.9 cm³/mol. The largest absolute Gasteiger partial charge is 0.350 e. The molecular formula is C13H12N4O2S. The molecule has 0 saturated carbocycles. The van der Waals surface area contributed by atoms with Gasteiger partial charge in [-0.3, -0.25) is 9.59 Å². The number of nitrogens with zero attached hydrogens (tertiary/aromatic N) is 1. The number of hydrogen-bond donors (Lipinski definition) is 3. The van der Waals surface area contributed by atoms with Gasteiger partial charge in [-0.2, -0.15) is 0 Å². The second-order valence-electron chi connectivity index (χ2n) is 4.39. The van der Waals surface area contributed by atoms with E-state index in [1.807, 2.05) is 17.5 Å². The summed E-state index contributed by atoms with van der Waals surface area (Å²) in [6, 6.07) is 5.12. The molecule has 0 unspecified atom stereocenters. The third-order valence-corrected chi connectivity index (χ3v) is 3.69. The van der Waals surface area contributed by atoms with Gasteiger partial charge in [0.1, 0.15) is 11.5 Å². The van der Waals surface area contributed by atoms with Gasteiger partial charge >= 0.3 is 0 Å². The maximum absolute atomic E-state index is 12.0. The fourth-order valence-corrected chi connectivity index (χ4v) is 2.75. The lowest BCUT2D eigenvalue weighted by atomic mass is 10.3. The Hall–Kier alpha value is -2.41. The summed E-state index contributed by atoms with van der Waals surface area (Å²) in [4.78, 5) is 33.1. The van der Waals surface area contributed by atoms with E-state index >= 15 is 0 Å². The van der Waals surface area contributed by atoms with Crippen LogP contribution in [-0.2, 0) is 6.54 Å². The molecule has 20 heavy (non-hydrogen) atoms. The van der Waals surface area contributed by atoms with Gasteiger partial charge in [0, 0.05) is 6.07 Å². The standard InChI is InChI=1S/C13H12N4O2S/c1-7-15-8(4-12(18)16-7)6-14-13(19)10-5-11-9(17-10)2-3-20-11/h2-5,17H,6H2,1H3,(H,14,19)(H,15,16,18). The summed E-state index contributed by atoms with van der Waals surface area (Å²) in [6.45, 7) is 1.92. The highest BCUT2D eigenvalue weighted by molar-refractivity contribution is 7.17. The van der Waals surface area contributed by atoms with Crippen molar-refractivity contribution in [2.24, 2.45) is 0 Å². The highest BCUT2D eigenvalue weighted by atomic mass is 32.1. The zero-order valence-corrected chi connectivity index (χ0v) is 11.5. The van der Waals surface area contributed by atoms with Crippen molar-refractivity contribution in [1.29, 1.82) is 0 Å². The molecule has 0 aromatic carbocycles. The number of rotatable bonds is 3. The maximum atomic E-state index is 12.0. The lowest BCUT2D eigenvalue weighted by molar-refractivity contribution is 0.0946. The monoisotopic (exact) mass is 288 g/mol. The van der Waals surface area contributed by atoms with Crippen LogP contribution in [0.5, 0.6) is 0 Å². The second kappa shape index (κ2) is 4.93. The van der Waals surface area contributed by atoms with Crippen LogP contribution < -0.4 is 10.9 Å². The van der Waals surface area contributed by atoms with Gasteiger partial charge in [-0.1, -0.05) is 0 Å². The second-order valence-corrected chi connectivity index (χ2v) is 5.33. The Morgan fingerprint density at radius 1 is 1.40 bits per heavy atom. The number of nitrogens with one attached hydrogen (secondary N) is 3. The smallest absolute Gasteiger partial charge is 0.268 e. The van der Waals surface area contributed by atoms with E-state index in [-0.39, 0.29) is 18.0 Å². The Morgan fingerprint density at radius 3 is 3.00 bits per heavy atom. The Bertz CT molecular complexity index is 802. The molecule has 3 aromatic rings. The lowest BCUT2D eigenvalue weighted by Crippen LogP contribution is -2.25. The summed E-state index contributed by atoms with van der Waals surface area (Å²) in [5.74, 6) is 0.315. The van der Waals surface area contributed by atoms with Crippen LogP contribution in [0.1, 0.15) is 22.0 Å². The van der Waals surface area contributed by atoms with Crippen LogP contribution in [0, 0.1) is 6.92 Å². The Kier molecular flexibility index (Phi) is 3.11. The normalized spacial score (nSPS) is 10.8. The van der Waals surface area contributed by atoms with E-state index in [9.17, 15) is 9.59 Å². The van der Waals surface area contributed by atoms with Gasteiger partial charge in [-0.05, 0) is 24.4 Å². The quantitative estimate of drug-likeness (QED) is 0.683. The third kappa shape index (κ3) is 2.48. The number of aryl methyl sites for hydroxylation is 1. The van der Waals surface area contributed by atoms with E-state index in [2.05, 4.69) is 20.3 Å². The summed E-state index contributed by atoms with van der Waals surface area (Å²) < 4.78 is 1.04. The molecule has 0 spiro atoms. The molecule has 0 aliphatic rings. The summed E-state index contributed by atoms with van der Waals surface area (Å²) in [5.41, 5.74) is 1.77. The summed E-state index contributed by atoms with van der Waals surface area (Å²) in [7, 11) is 0. The third-order valence-electron chi connectivity index (χ3n) is 2.83. The van der Waals surface area contributed by atoms with Crippen molar-refractivity contribution in [1.82, 2.24) is 20.3 Å². The van der Waals surface area contributed by atoms with Gasteiger partial charge in [0.2, 0.25) is 0 Å². The molecule has 3 aromatic heterocycles. The molecule has 3 rings (SSSR count). The van der Waals surface area contributed by atoms with Crippen molar-refractivity contribution < 1.29 is 4.79 Å². The van der Waals surface area contributed by atoms with Crippen molar-refractivity contribution in [2.75, 3.05) is 0 Å². The topological polar surface area (TPSA) is 90.6 Å². The van der Waals surface area contributed by atoms with Crippen LogP contribution in [0.2, 0.25) is 0 Å². The van der Waals surface area contributed by atoms with Crippen LogP contribution in [0.25, 0.3) is 10.2 Å². The van der Waals surface area contributed by atoms with E-state index in [0.29, 0.717) is 17.2 Å². The van der Waals surface area contributed by atoms with Gasteiger partial charge < -0.3 is 15.3 Å². The number of H-pyrrole nitrogens is 2. The summed E-state index contributed by atoms with van der Waals surface area (Å²) >= 11 is 1.57. The highest BCUT2D eigenvalue weighted by Crippen LogP contribution is 2.21. The van der Waals surface area contributed by atoms with Crippen molar-refractivity contribution in [3.05, 3.63) is 51.1 Å². The highest BCUT2D eigenvalue weighted by Gasteiger charge is 2.10. The first-order valence-electron chi connectivity index (χ1n) is 6.03. The first-order valence-corrected chi connectivity index (χ1v) is 6.91. The number of thiophene rings is 1. The maximum Gasteiger partial charge on any atom is 0.268 e. The average molecular weight is 288 g/mol. The van der Waals surface area contributed by atoms with Crippen LogP contribution in [0.3, 0.4) is 0 Å². The minimum absolute atomic E-state index is 0.215. The molecule has 6 nitrogen and oxygen atoms in total. The Labute approximate surface area is 117 Å². The molecule has 3 N–H and O–H groups in total. The molecule has 0 aliphatic carbocycles. The molecule has 102 valence electrons. The number of carbonyl (C=O) groups is 1. The van der Waals surface area contributed by atoms with Crippen molar-refractivity contribution in [2.45, 2.75) is 13.5 Å². The lowest BCUT2D eigenvalue weighted by Gasteiger charge is -2.03. The summed E-state index contributed by atoms with van der Waals surface area (Å²) in [5, 5.41) is 4.70. The van der Waals surface area contributed by atoms with E-state index < -0.39 is 0 Å². The van der Waals surface area contributed by atoms with Crippen LogP contribution in [-0.4, -0.2) is 20.9 Å². The number of amides is 1. The Balaban J connectivity index is 1.73. The molecule has 1 amide bonds. The number of aromatic nitrogens is 3. The molecule has 0 bridgehead atoms. The van der Waals surface area contributed by atoms with Crippen molar-refractivity contribution in [3.63, 3.8) is 0 Å². The molecule has 0 radical (unpaired) electrons.